The maximum Gasteiger partial charge on any atom is 0.435 e. The number of amides is 1. The lowest BCUT2D eigenvalue weighted by atomic mass is 9.84. The Hall–Kier alpha value is -2.43. The highest BCUT2D eigenvalue weighted by molar-refractivity contribution is 6.35. The van der Waals surface area contributed by atoms with Crippen molar-refractivity contribution in [2.75, 3.05) is 13.1 Å². The molecular weight excluding hydrogens is 506 g/mol. The number of carbonyl (C=O) groups is 1. The number of halogens is 7. The van der Waals surface area contributed by atoms with Crippen LogP contribution in [0, 0.1) is 5.82 Å². The van der Waals surface area contributed by atoms with Crippen LogP contribution >= 0.6 is 23.2 Å². The van der Waals surface area contributed by atoms with E-state index in [1.165, 1.54) is 36.1 Å². The molecule has 2 heterocycles. The molecule has 2 aliphatic rings. The molecule has 34 heavy (non-hydrogen) atoms. The standard InChI is InChI=1S/C22H17Cl2F5N2O3/c1-11(32)19(33)31-9-20(26,10-31)13-4-2-12(3-5-13)17-8-21(34-30-17,22(27,28)29)14-6-15(23)18(25)16(24)7-14/h2-7,11,32H,8-10H2,1H3/t11-,21?/m0/s1. The highest BCUT2D eigenvalue weighted by Gasteiger charge is 2.62. The second-order valence-electron chi connectivity index (χ2n) is 8.30. The molecule has 1 amide bonds. The molecule has 0 saturated carbocycles. The van der Waals surface area contributed by atoms with Gasteiger partial charge in [0, 0.05) is 12.0 Å². The highest BCUT2D eigenvalue weighted by Crippen LogP contribution is 2.50. The van der Waals surface area contributed by atoms with Crippen molar-refractivity contribution >= 4 is 34.8 Å². The Bertz CT molecular complexity index is 1140. The van der Waals surface area contributed by atoms with Crippen molar-refractivity contribution in [2.45, 2.75) is 36.9 Å². The minimum Gasteiger partial charge on any atom is -0.384 e. The third-order valence-electron chi connectivity index (χ3n) is 5.92. The van der Waals surface area contributed by atoms with Gasteiger partial charge in [-0.15, -0.1) is 0 Å². The van der Waals surface area contributed by atoms with Gasteiger partial charge in [0.2, 0.25) is 0 Å². The molecule has 0 aliphatic carbocycles. The molecule has 0 spiro atoms. The van der Waals surface area contributed by atoms with Gasteiger partial charge in [0.15, 0.2) is 11.5 Å². The summed E-state index contributed by atoms with van der Waals surface area (Å²) in [5.74, 6) is -1.64. The van der Waals surface area contributed by atoms with Crippen LogP contribution in [0.1, 0.15) is 30.0 Å². The number of oxime groups is 1. The van der Waals surface area contributed by atoms with Gasteiger partial charge in [0.25, 0.3) is 11.5 Å². The third kappa shape index (κ3) is 4.01. The average Bonchev–Trinajstić information content (AvgIpc) is 3.21. The molecule has 1 fully saturated rings. The zero-order chi connectivity index (χ0) is 25.1. The van der Waals surface area contributed by atoms with E-state index >= 15 is 4.39 Å². The number of hydrogen-bond acceptors (Lipinski definition) is 4. The van der Waals surface area contributed by atoms with E-state index in [-0.39, 0.29) is 29.9 Å². The molecule has 0 bridgehead atoms. The average molecular weight is 523 g/mol. The summed E-state index contributed by atoms with van der Waals surface area (Å²) in [7, 11) is 0. The Kier molecular flexibility index (Phi) is 6.06. The van der Waals surface area contributed by atoms with E-state index in [1.54, 1.807) is 0 Å². The highest BCUT2D eigenvalue weighted by atomic mass is 35.5. The number of benzene rings is 2. The van der Waals surface area contributed by atoms with Gasteiger partial charge in [0.05, 0.1) is 28.8 Å². The molecule has 1 saturated heterocycles. The molecule has 5 nitrogen and oxygen atoms in total. The fourth-order valence-electron chi connectivity index (χ4n) is 3.97. The Morgan fingerprint density at radius 2 is 1.71 bits per heavy atom. The van der Waals surface area contributed by atoms with E-state index in [9.17, 15) is 27.5 Å². The van der Waals surface area contributed by atoms with Gasteiger partial charge >= 0.3 is 6.18 Å². The molecule has 0 aromatic heterocycles. The fourth-order valence-corrected chi connectivity index (χ4v) is 4.46. The zero-order valence-electron chi connectivity index (χ0n) is 17.5. The van der Waals surface area contributed by atoms with E-state index in [4.69, 9.17) is 28.0 Å². The molecule has 0 radical (unpaired) electrons. The van der Waals surface area contributed by atoms with Crippen molar-refractivity contribution in [3.05, 3.63) is 69.0 Å². The molecule has 2 aliphatic heterocycles. The van der Waals surface area contributed by atoms with Crippen molar-refractivity contribution in [3.63, 3.8) is 0 Å². The van der Waals surface area contributed by atoms with Crippen molar-refractivity contribution in [1.82, 2.24) is 4.90 Å². The van der Waals surface area contributed by atoms with Gasteiger partial charge in [-0.2, -0.15) is 13.2 Å². The second kappa shape index (κ2) is 8.35. The number of likely N-dealkylation sites (tertiary alicyclic amines) is 1. The van der Waals surface area contributed by atoms with E-state index in [2.05, 4.69) is 5.16 Å². The van der Waals surface area contributed by atoms with Gasteiger partial charge < -0.3 is 14.8 Å². The maximum atomic E-state index is 15.1. The van der Waals surface area contributed by atoms with E-state index in [0.717, 1.165) is 12.1 Å². The van der Waals surface area contributed by atoms with Crippen molar-refractivity contribution < 1.29 is 36.7 Å². The number of alkyl halides is 4. The number of rotatable bonds is 4. The lowest BCUT2D eigenvalue weighted by Gasteiger charge is -2.45. The van der Waals surface area contributed by atoms with Crippen LogP contribution in [0.4, 0.5) is 22.0 Å². The molecular formula is C22H17Cl2F5N2O3. The fraction of sp³-hybridized carbons (Fsp3) is 0.364. The lowest BCUT2D eigenvalue weighted by Crippen LogP contribution is -2.60. The van der Waals surface area contributed by atoms with Crippen LogP contribution in [-0.2, 0) is 20.9 Å². The van der Waals surface area contributed by atoms with Crippen LogP contribution in [0.5, 0.6) is 0 Å². The normalized spacial score (nSPS) is 22.6. The predicted molar refractivity (Wildman–Crippen MR) is 114 cm³/mol. The van der Waals surface area contributed by atoms with Crippen LogP contribution in [0.25, 0.3) is 0 Å². The minimum absolute atomic E-state index is 0.0622. The molecule has 12 heteroatoms. The summed E-state index contributed by atoms with van der Waals surface area (Å²) in [6, 6.07) is 7.16. The number of hydrogen-bond donors (Lipinski definition) is 1. The Morgan fingerprint density at radius 3 is 2.21 bits per heavy atom. The molecule has 2 aromatic rings. The summed E-state index contributed by atoms with van der Waals surface area (Å²) in [6.07, 6.45) is -6.93. The topological polar surface area (TPSA) is 62.1 Å². The summed E-state index contributed by atoms with van der Waals surface area (Å²) in [5.41, 5.74) is -4.86. The van der Waals surface area contributed by atoms with Gasteiger partial charge in [-0.05, 0) is 30.2 Å². The Balaban J connectivity index is 1.56. The largest absolute Gasteiger partial charge is 0.435 e. The molecule has 1 unspecified atom stereocenters. The van der Waals surface area contributed by atoms with Crippen molar-refractivity contribution in [2.24, 2.45) is 5.16 Å². The van der Waals surface area contributed by atoms with Crippen LogP contribution in [0.2, 0.25) is 10.0 Å². The van der Waals surface area contributed by atoms with E-state index in [1.807, 2.05) is 0 Å². The van der Waals surface area contributed by atoms with Crippen molar-refractivity contribution in [3.8, 4) is 0 Å². The summed E-state index contributed by atoms with van der Waals surface area (Å²) in [5, 5.41) is 11.7. The molecule has 2 atom stereocenters. The number of nitrogens with zero attached hydrogens (tertiary/aromatic N) is 2. The van der Waals surface area contributed by atoms with Crippen LogP contribution in [0.3, 0.4) is 0 Å². The monoisotopic (exact) mass is 522 g/mol. The predicted octanol–water partition coefficient (Wildman–Crippen LogP) is 5.10. The Morgan fingerprint density at radius 1 is 1.15 bits per heavy atom. The van der Waals surface area contributed by atoms with Crippen LogP contribution in [-0.4, -0.2) is 47.0 Å². The van der Waals surface area contributed by atoms with Gasteiger partial charge in [-0.1, -0.05) is 52.6 Å². The van der Waals surface area contributed by atoms with Crippen LogP contribution in [0.15, 0.2) is 41.6 Å². The first-order valence-electron chi connectivity index (χ1n) is 10.0. The van der Waals surface area contributed by atoms with Crippen LogP contribution < -0.4 is 0 Å². The second-order valence-corrected chi connectivity index (χ2v) is 9.11. The molecule has 4 rings (SSSR count). The third-order valence-corrected chi connectivity index (χ3v) is 6.47. The Labute approximate surface area is 200 Å². The van der Waals surface area contributed by atoms with Crippen molar-refractivity contribution in [1.29, 1.82) is 0 Å². The lowest BCUT2D eigenvalue weighted by molar-refractivity contribution is -0.275. The minimum atomic E-state index is -4.95. The first-order valence-corrected chi connectivity index (χ1v) is 10.8. The van der Waals surface area contributed by atoms with E-state index < -0.39 is 57.3 Å². The molecule has 2 aromatic carbocycles. The molecule has 182 valence electrons. The number of aliphatic hydroxyl groups is 1. The maximum absolute atomic E-state index is 15.1. The van der Waals surface area contributed by atoms with E-state index in [0.29, 0.717) is 0 Å². The summed E-state index contributed by atoms with van der Waals surface area (Å²) in [4.78, 5) is 17.8. The number of carbonyl (C=O) groups excluding carboxylic acids is 1. The molecule has 1 N–H and O–H groups in total. The zero-order valence-corrected chi connectivity index (χ0v) is 19.0. The first-order chi connectivity index (χ1) is 15.8. The SMILES string of the molecule is C[C@H](O)C(=O)N1CC(F)(c2ccc(C3=NOC(c4cc(Cl)c(F)c(Cl)c4)(C(F)(F)F)C3)cc2)C1. The number of aliphatic hydroxyl groups excluding tert-OH is 1. The van der Waals surface area contributed by atoms with Gasteiger partial charge in [-0.25, -0.2) is 8.78 Å². The first kappa shape index (κ1) is 24.7. The van der Waals surface area contributed by atoms with Gasteiger partial charge in [-0.3, -0.25) is 4.79 Å². The summed E-state index contributed by atoms with van der Waals surface area (Å²) >= 11 is 11.4. The summed E-state index contributed by atoms with van der Waals surface area (Å²) in [6.45, 7) is 0.793. The summed E-state index contributed by atoms with van der Waals surface area (Å²) < 4.78 is 71.2. The van der Waals surface area contributed by atoms with Gasteiger partial charge in [0.1, 0.15) is 6.10 Å². The smallest absolute Gasteiger partial charge is 0.384 e. The quantitative estimate of drug-likeness (QED) is 0.448.